The third-order valence-corrected chi connectivity index (χ3v) is 4.71. The van der Waals surface area contributed by atoms with Gasteiger partial charge >= 0.3 is 0 Å². The highest BCUT2D eigenvalue weighted by atomic mass is 16.5. The Hall–Kier alpha value is -4.07. The number of amides is 1. The molecule has 4 rings (SSSR count). The fourth-order valence-electron chi connectivity index (χ4n) is 3.20. The third kappa shape index (κ3) is 3.50. The minimum atomic E-state index is -0.184. The molecule has 2 aromatic carbocycles. The zero-order valence-electron chi connectivity index (χ0n) is 16.8. The molecule has 2 aromatic heterocycles. The maximum absolute atomic E-state index is 12.2. The van der Waals surface area contributed by atoms with Gasteiger partial charge in [-0.2, -0.15) is 0 Å². The van der Waals surface area contributed by atoms with Gasteiger partial charge in [-0.3, -0.25) is 9.20 Å². The first-order valence-electron chi connectivity index (χ1n) is 9.29. The molecule has 0 aliphatic heterocycles. The summed E-state index contributed by atoms with van der Waals surface area (Å²) in [5, 5.41) is 5.93. The number of imidazole rings is 1. The van der Waals surface area contributed by atoms with Crippen LogP contribution in [0.3, 0.4) is 0 Å². The molecule has 0 aliphatic carbocycles. The van der Waals surface area contributed by atoms with Gasteiger partial charge in [0.05, 0.1) is 31.2 Å². The van der Waals surface area contributed by atoms with Crippen molar-refractivity contribution in [2.75, 3.05) is 26.6 Å². The predicted molar refractivity (Wildman–Crippen MR) is 115 cm³/mol. The van der Waals surface area contributed by atoms with E-state index in [1.807, 2.05) is 53.1 Å². The Morgan fingerprint density at radius 2 is 1.83 bits per heavy atom. The van der Waals surface area contributed by atoms with Crippen molar-refractivity contribution < 1.29 is 14.3 Å². The van der Waals surface area contributed by atoms with Gasteiger partial charge < -0.3 is 20.1 Å². The van der Waals surface area contributed by atoms with Crippen molar-refractivity contribution in [2.45, 2.75) is 0 Å². The second-order valence-electron chi connectivity index (χ2n) is 6.44. The number of carbonyl (C=O) groups excluding carboxylic acids is 1. The maximum atomic E-state index is 12.2. The summed E-state index contributed by atoms with van der Waals surface area (Å²) in [5.41, 5.74) is 3.43. The minimum absolute atomic E-state index is 0.184. The van der Waals surface area contributed by atoms with E-state index >= 15 is 0 Å². The smallest absolute Gasteiger partial charge is 0.253 e. The third-order valence-electron chi connectivity index (χ3n) is 4.71. The summed E-state index contributed by atoms with van der Waals surface area (Å²) >= 11 is 0. The van der Waals surface area contributed by atoms with Gasteiger partial charge in [0.2, 0.25) is 5.95 Å². The number of nitrogens with one attached hydrogen (secondary N) is 2. The highest BCUT2D eigenvalue weighted by molar-refractivity contribution is 6.00. The number of fused-ring (bicyclic) bond motifs is 1. The van der Waals surface area contributed by atoms with E-state index in [2.05, 4.69) is 15.6 Å². The van der Waals surface area contributed by atoms with E-state index in [-0.39, 0.29) is 5.91 Å². The summed E-state index contributed by atoms with van der Waals surface area (Å²) in [6.45, 7) is 0. The second kappa shape index (κ2) is 8.12. The molecule has 4 aromatic rings. The van der Waals surface area contributed by atoms with Gasteiger partial charge in [0.25, 0.3) is 5.91 Å². The molecule has 30 heavy (non-hydrogen) atoms. The lowest BCUT2D eigenvalue weighted by molar-refractivity contribution is 0.0964. The van der Waals surface area contributed by atoms with Gasteiger partial charge in [0.1, 0.15) is 5.65 Å². The van der Waals surface area contributed by atoms with Crippen molar-refractivity contribution in [3.8, 4) is 22.8 Å². The van der Waals surface area contributed by atoms with E-state index in [1.54, 1.807) is 33.5 Å². The van der Waals surface area contributed by atoms with E-state index < -0.39 is 0 Å². The van der Waals surface area contributed by atoms with Crippen LogP contribution in [0.2, 0.25) is 0 Å². The molecule has 152 valence electrons. The fraction of sp³-hybridized carbons (Fsp3) is 0.136. The van der Waals surface area contributed by atoms with E-state index in [4.69, 9.17) is 14.5 Å². The normalized spacial score (nSPS) is 10.6. The average molecular weight is 403 g/mol. The number of aromatic nitrogens is 3. The molecule has 0 bridgehead atoms. The van der Waals surface area contributed by atoms with E-state index in [1.165, 1.54) is 0 Å². The number of rotatable bonds is 6. The molecule has 2 heterocycles. The monoisotopic (exact) mass is 403 g/mol. The largest absolute Gasteiger partial charge is 0.493 e. The number of ether oxygens (including phenoxy) is 2. The van der Waals surface area contributed by atoms with Gasteiger partial charge in [-0.1, -0.05) is 12.1 Å². The van der Waals surface area contributed by atoms with Crippen LogP contribution in [0.5, 0.6) is 11.5 Å². The van der Waals surface area contributed by atoms with Gasteiger partial charge in [-0.05, 0) is 30.3 Å². The highest BCUT2D eigenvalue weighted by Crippen LogP contribution is 2.33. The molecule has 0 saturated heterocycles. The Kier molecular flexibility index (Phi) is 5.21. The summed E-state index contributed by atoms with van der Waals surface area (Å²) < 4.78 is 12.6. The molecule has 0 fully saturated rings. The SMILES string of the molecule is CNC(=O)c1ccccc1Nc1nc(-c2ccc(OC)c(OC)c2)cc2nccn12. The van der Waals surface area contributed by atoms with Crippen LogP contribution in [0.1, 0.15) is 10.4 Å². The Morgan fingerprint density at radius 1 is 1.03 bits per heavy atom. The lowest BCUT2D eigenvalue weighted by atomic mass is 10.1. The lowest BCUT2D eigenvalue weighted by Crippen LogP contribution is -2.19. The Labute approximate surface area is 173 Å². The Balaban J connectivity index is 1.81. The van der Waals surface area contributed by atoms with Crippen LogP contribution in [0.4, 0.5) is 11.6 Å². The van der Waals surface area contributed by atoms with Crippen LogP contribution in [-0.4, -0.2) is 41.5 Å². The topological polar surface area (TPSA) is 89.8 Å². The fourth-order valence-corrected chi connectivity index (χ4v) is 3.20. The average Bonchev–Trinajstić information content (AvgIpc) is 3.27. The molecule has 0 radical (unpaired) electrons. The summed E-state index contributed by atoms with van der Waals surface area (Å²) in [4.78, 5) is 21.4. The standard InChI is InChI=1S/C22H21N5O3/c1-23-21(28)15-6-4-5-7-16(15)25-22-26-17(13-20-24-10-11-27(20)22)14-8-9-18(29-2)19(12-14)30-3/h4-13H,1-3H3,(H,23,28)(H,25,26). The number of hydrogen-bond acceptors (Lipinski definition) is 6. The van der Waals surface area contributed by atoms with Crippen molar-refractivity contribution in [1.82, 2.24) is 19.7 Å². The highest BCUT2D eigenvalue weighted by Gasteiger charge is 2.14. The van der Waals surface area contributed by atoms with Crippen molar-refractivity contribution in [3.05, 3.63) is 66.5 Å². The second-order valence-corrected chi connectivity index (χ2v) is 6.44. The molecule has 0 spiro atoms. The number of methoxy groups -OCH3 is 2. The molecule has 2 N–H and O–H groups in total. The van der Waals surface area contributed by atoms with E-state index in [0.717, 1.165) is 11.2 Å². The van der Waals surface area contributed by atoms with E-state index in [0.29, 0.717) is 34.4 Å². The molecule has 0 atom stereocenters. The lowest BCUT2D eigenvalue weighted by Gasteiger charge is -2.14. The van der Waals surface area contributed by atoms with E-state index in [9.17, 15) is 4.79 Å². The van der Waals surface area contributed by atoms with Crippen molar-refractivity contribution in [1.29, 1.82) is 0 Å². The number of carbonyl (C=O) groups is 1. The summed E-state index contributed by atoms with van der Waals surface area (Å²) in [6.07, 6.45) is 3.51. The first-order valence-corrected chi connectivity index (χ1v) is 9.29. The molecule has 0 saturated carbocycles. The van der Waals surface area contributed by atoms with Crippen molar-refractivity contribution in [3.63, 3.8) is 0 Å². The van der Waals surface area contributed by atoms with Gasteiger partial charge in [0.15, 0.2) is 11.5 Å². The molecular formula is C22H21N5O3. The molecular weight excluding hydrogens is 382 g/mol. The summed E-state index contributed by atoms with van der Waals surface area (Å²) in [7, 11) is 4.79. The number of nitrogens with zero attached hydrogens (tertiary/aromatic N) is 3. The number of anilines is 2. The molecule has 8 heteroatoms. The van der Waals surface area contributed by atoms with Crippen LogP contribution in [0.15, 0.2) is 60.9 Å². The summed E-state index contributed by atoms with van der Waals surface area (Å²) in [6, 6.07) is 14.8. The van der Waals surface area contributed by atoms with Crippen LogP contribution in [0.25, 0.3) is 16.9 Å². The Bertz CT molecular complexity index is 1220. The van der Waals surface area contributed by atoms with Crippen LogP contribution < -0.4 is 20.1 Å². The predicted octanol–water partition coefficient (Wildman–Crippen LogP) is 3.52. The number of para-hydroxylation sites is 1. The van der Waals surface area contributed by atoms with Gasteiger partial charge in [-0.25, -0.2) is 9.97 Å². The molecule has 0 aliphatic rings. The summed E-state index contributed by atoms with van der Waals surface area (Å²) in [5.74, 6) is 1.60. The van der Waals surface area contributed by atoms with Crippen LogP contribution in [-0.2, 0) is 0 Å². The van der Waals surface area contributed by atoms with Gasteiger partial charge in [-0.15, -0.1) is 0 Å². The van der Waals surface area contributed by atoms with Crippen LogP contribution in [0, 0.1) is 0 Å². The zero-order chi connectivity index (χ0) is 21.1. The Morgan fingerprint density at radius 3 is 2.60 bits per heavy atom. The quantitative estimate of drug-likeness (QED) is 0.512. The number of hydrogen-bond donors (Lipinski definition) is 2. The first kappa shape index (κ1) is 19.3. The zero-order valence-corrected chi connectivity index (χ0v) is 16.8. The minimum Gasteiger partial charge on any atom is -0.493 e. The maximum Gasteiger partial charge on any atom is 0.253 e. The van der Waals surface area contributed by atoms with Crippen LogP contribution >= 0.6 is 0 Å². The molecule has 0 unspecified atom stereocenters. The molecule has 8 nitrogen and oxygen atoms in total. The van der Waals surface area contributed by atoms with Crippen molar-refractivity contribution >= 4 is 23.2 Å². The van der Waals surface area contributed by atoms with Crippen molar-refractivity contribution in [2.24, 2.45) is 0 Å². The van der Waals surface area contributed by atoms with Gasteiger partial charge in [0, 0.05) is 31.1 Å². The first-order chi connectivity index (χ1) is 14.6. The molecule has 1 amide bonds. The number of benzene rings is 2.